The van der Waals surface area contributed by atoms with Crippen LogP contribution in [-0.2, 0) is 31.1 Å². The van der Waals surface area contributed by atoms with Crippen LogP contribution in [0.5, 0.6) is 0 Å². The third-order valence-electron chi connectivity index (χ3n) is 3.61. The molecule has 2 aromatic carbocycles. The monoisotopic (exact) mass is 400 g/mol. The third kappa shape index (κ3) is 3.63. The summed E-state index contributed by atoms with van der Waals surface area (Å²) in [7, 11) is -7.37. The number of sulfone groups is 1. The molecule has 7 nitrogen and oxygen atoms in total. The molecule has 1 aliphatic heterocycles. The van der Waals surface area contributed by atoms with Crippen LogP contribution in [0.3, 0.4) is 0 Å². The number of hydrogen-bond donors (Lipinski definition) is 2. The van der Waals surface area contributed by atoms with Crippen LogP contribution >= 0.6 is 11.6 Å². The molecule has 0 spiro atoms. The number of carbonyl (C=O) groups excluding carboxylic acids is 1. The molecule has 25 heavy (non-hydrogen) atoms. The topological polar surface area (TPSA) is 109 Å². The number of sulfonamides is 1. The second kappa shape index (κ2) is 6.01. The largest absolute Gasteiger partial charge is 0.325 e. The number of carbonyl (C=O) groups is 1. The van der Waals surface area contributed by atoms with Crippen molar-refractivity contribution in [3.05, 3.63) is 47.0 Å². The van der Waals surface area contributed by atoms with E-state index in [9.17, 15) is 21.6 Å². The van der Waals surface area contributed by atoms with Gasteiger partial charge >= 0.3 is 0 Å². The Kier molecular flexibility index (Phi) is 4.26. The van der Waals surface area contributed by atoms with Gasteiger partial charge < -0.3 is 5.32 Å². The van der Waals surface area contributed by atoms with Crippen LogP contribution < -0.4 is 10.0 Å². The summed E-state index contributed by atoms with van der Waals surface area (Å²) >= 11 is 6.04. The van der Waals surface area contributed by atoms with E-state index in [1.807, 2.05) is 0 Å². The van der Waals surface area contributed by atoms with E-state index in [0.717, 1.165) is 6.26 Å². The van der Waals surface area contributed by atoms with Gasteiger partial charge in [-0.2, -0.15) is 0 Å². The predicted octanol–water partition coefficient (Wildman–Crippen LogP) is 2.04. The molecule has 0 atom stereocenters. The second-order valence-corrected chi connectivity index (χ2v) is 9.64. The Labute approximate surface area is 150 Å². The fraction of sp³-hybridized carbons (Fsp3) is 0.133. The van der Waals surface area contributed by atoms with Crippen LogP contribution in [0.1, 0.15) is 5.56 Å². The van der Waals surface area contributed by atoms with Crippen molar-refractivity contribution < 1.29 is 21.6 Å². The fourth-order valence-electron chi connectivity index (χ4n) is 2.41. The summed E-state index contributed by atoms with van der Waals surface area (Å²) in [4.78, 5) is 11.3. The van der Waals surface area contributed by atoms with E-state index in [1.54, 1.807) is 0 Å². The average molecular weight is 401 g/mol. The number of nitrogens with one attached hydrogen (secondary N) is 2. The standard InChI is InChI=1S/C15H13ClN2O5S2/c1-24(20,21)11-4-2-10(3-5-11)18-25(22,23)14-6-9-7-15(19)17-13(9)8-12(14)16/h2-6,8,18H,7H2,1H3,(H,17,19). The summed E-state index contributed by atoms with van der Waals surface area (Å²) in [5.41, 5.74) is 1.23. The van der Waals surface area contributed by atoms with Gasteiger partial charge in [0.2, 0.25) is 5.91 Å². The van der Waals surface area contributed by atoms with Gasteiger partial charge in [-0.05, 0) is 42.0 Å². The Morgan fingerprint density at radius 1 is 1.08 bits per heavy atom. The van der Waals surface area contributed by atoms with Gasteiger partial charge in [-0.3, -0.25) is 9.52 Å². The molecule has 2 N–H and O–H groups in total. The molecule has 1 amide bonds. The number of fused-ring (bicyclic) bond motifs is 1. The Morgan fingerprint density at radius 2 is 1.72 bits per heavy atom. The lowest BCUT2D eigenvalue weighted by atomic mass is 10.2. The van der Waals surface area contributed by atoms with Crippen LogP contribution in [0.25, 0.3) is 0 Å². The fourth-order valence-corrected chi connectivity index (χ4v) is 4.68. The molecule has 0 saturated heterocycles. The number of hydrogen-bond acceptors (Lipinski definition) is 5. The lowest BCUT2D eigenvalue weighted by Crippen LogP contribution is -2.14. The Bertz CT molecular complexity index is 1080. The van der Waals surface area contributed by atoms with Crippen molar-refractivity contribution >= 4 is 48.7 Å². The molecule has 0 saturated carbocycles. The van der Waals surface area contributed by atoms with Gasteiger partial charge in [0, 0.05) is 17.6 Å². The first-order valence-corrected chi connectivity index (χ1v) is 10.8. The van der Waals surface area contributed by atoms with Crippen molar-refractivity contribution in [2.75, 3.05) is 16.3 Å². The van der Waals surface area contributed by atoms with Gasteiger partial charge in [0.1, 0.15) is 4.90 Å². The normalized spacial score (nSPS) is 14.1. The van der Waals surface area contributed by atoms with Crippen molar-refractivity contribution in [2.24, 2.45) is 0 Å². The first kappa shape index (κ1) is 17.7. The van der Waals surface area contributed by atoms with Gasteiger partial charge in [-0.15, -0.1) is 0 Å². The van der Waals surface area contributed by atoms with E-state index in [4.69, 9.17) is 11.6 Å². The van der Waals surface area contributed by atoms with Crippen LogP contribution in [0, 0.1) is 0 Å². The first-order chi connectivity index (χ1) is 11.6. The van der Waals surface area contributed by atoms with Crippen LogP contribution in [0.4, 0.5) is 11.4 Å². The summed E-state index contributed by atoms with van der Waals surface area (Å²) in [5.74, 6) is -0.232. The minimum atomic E-state index is -4.00. The van der Waals surface area contributed by atoms with Gasteiger partial charge in [0.05, 0.1) is 16.3 Å². The number of anilines is 2. The molecule has 2 aromatic rings. The lowest BCUT2D eigenvalue weighted by molar-refractivity contribution is -0.115. The summed E-state index contributed by atoms with van der Waals surface area (Å²) in [6.07, 6.45) is 1.14. The minimum Gasteiger partial charge on any atom is -0.325 e. The second-order valence-electron chi connectivity index (χ2n) is 5.57. The molecule has 10 heteroatoms. The molecule has 0 unspecified atom stereocenters. The van der Waals surface area contributed by atoms with Gasteiger partial charge in [0.15, 0.2) is 9.84 Å². The zero-order valence-electron chi connectivity index (χ0n) is 12.9. The van der Waals surface area contributed by atoms with E-state index in [1.165, 1.54) is 36.4 Å². The van der Waals surface area contributed by atoms with Crippen LogP contribution in [0.2, 0.25) is 5.02 Å². The molecule has 0 aliphatic carbocycles. The van der Waals surface area contributed by atoms with E-state index < -0.39 is 19.9 Å². The highest BCUT2D eigenvalue weighted by Gasteiger charge is 2.25. The van der Waals surface area contributed by atoms with Crippen LogP contribution in [0.15, 0.2) is 46.2 Å². The maximum absolute atomic E-state index is 12.6. The van der Waals surface area contributed by atoms with Crippen molar-refractivity contribution in [1.29, 1.82) is 0 Å². The molecule has 0 radical (unpaired) electrons. The van der Waals surface area contributed by atoms with Crippen molar-refractivity contribution in [1.82, 2.24) is 0 Å². The number of amides is 1. The van der Waals surface area contributed by atoms with E-state index in [0.29, 0.717) is 11.3 Å². The Hall–Kier alpha value is -2.10. The number of benzene rings is 2. The molecule has 0 fully saturated rings. The van der Waals surface area contributed by atoms with Gasteiger partial charge in [-0.25, -0.2) is 16.8 Å². The minimum absolute atomic E-state index is 0.0267. The Balaban J connectivity index is 1.93. The van der Waals surface area contributed by atoms with Crippen molar-refractivity contribution in [3.8, 4) is 0 Å². The summed E-state index contributed by atoms with van der Waals surface area (Å²) in [5, 5.41) is 2.56. The molecule has 0 bridgehead atoms. The van der Waals surface area contributed by atoms with E-state index in [-0.39, 0.29) is 32.8 Å². The molecule has 132 valence electrons. The summed E-state index contributed by atoms with van der Waals surface area (Å²) < 4.78 is 50.4. The molecular weight excluding hydrogens is 388 g/mol. The maximum atomic E-state index is 12.6. The third-order valence-corrected chi connectivity index (χ3v) is 6.58. The Morgan fingerprint density at radius 3 is 2.32 bits per heavy atom. The molecule has 1 heterocycles. The first-order valence-electron chi connectivity index (χ1n) is 7.01. The highest BCUT2D eigenvalue weighted by atomic mass is 35.5. The molecule has 1 aliphatic rings. The summed E-state index contributed by atoms with van der Waals surface area (Å²) in [6.45, 7) is 0. The quantitative estimate of drug-likeness (QED) is 0.816. The molecule has 0 aromatic heterocycles. The average Bonchev–Trinajstić information content (AvgIpc) is 2.84. The molecular formula is C15H13ClN2O5S2. The molecule has 3 rings (SSSR count). The maximum Gasteiger partial charge on any atom is 0.263 e. The smallest absolute Gasteiger partial charge is 0.263 e. The predicted molar refractivity (Wildman–Crippen MR) is 94.1 cm³/mol. The number of halogens is 1. The van der Waals surface area contributed by atoms with E-state index in [2.05, 4.69) is 10.0 Å². The van der Waals surface area contributed by atoms with Crippen molar-refractivity contribution in [2.45, 2.75) is 16.2 Å². The SMILES string of the molecule is CS(=O)(=O)c1ccc(NS(=O)(=O)c2cc3c(cc2Cl)NC(=O)C3)cc1. The number of rotatable bonds is 4. The van der Waals surface area contributed by atoms with Crippen LogP contribution in [-0.4, -0.2) is 29.0 Å². The zero-order chi connectivity index (χ0) is 18.4. The van der Waals surface area contributed by atoms with E-state index >= 15 is 0 Å². The highest BCUT2D eigenvalue weighted by Crippen LogP contribution is 2.33. The van der Waals surface area contributed by atoms with Gasteiger partial charge in [-0.1, -0.05) is 11.6 Å². The van der Waals surface area contributed by atoms with Crippen molar-refractivity contribution in [3.63, 3.8) is 0 Å². The summed E-state index contributed by atoms with van der Waals surface area (Å²) in [6, 6.07) is 8.05. The highest BCUT2D eigenvalue weighted by molar-refractivity contribution is 7.92. The lowest BCUT2D eigenvalue weighted by Gasteiger charge is -2.11. The van der Waals surface area contributed by atoms with Gasteiger partial charge in [0.25, 0.3) is 10.0 Å². The zero-order valence-corrected chi connectivity index (χ0v) is 15.3.